The average Bonchev–Trinajstić information content (AvgIpc) is 4.05. The van der Waals surface area contributed by atoms with E-state index in [9.17, 15) is 30.6 Å². The first-order chi connectivity index (χ1) is 28.6. The number of aromatic hydroxyl groups is 2. The van der Waals surface area contributed by atoms with Crippen LogP contribution in [0.15, 0.2) is 36.7 Å². The number of methoxy groups -OCH3 is 1. The van der Waals surface area contributed by atoms with E-state index in [1.165, 1.54) is 43.9 Å². The van der Waals surface area contributed by atoms with Crippen molar-refractivity contribution in [2.45, 2.75) is 164 Å². The zero-order valence-electron chi connectivity index (χ0n) is 34.9. The zero-order valence-corrected chi connectivity index (χ0v) is 34.9. The number of ether oxygens (including phenoxy) is 3. The Labute approximate surface area is 349 Å². The van der Waals surface area contributed by atoms with Crippen LogP contribution in [0, 0.1) is 29.6 Å². The minimum atomic E-state index is -0.679. The molecule has 3 aromatic rings. The van der Waals surface area contributed by atoms with Gasteiger partial charge >= 0.3 is 0 Å². The Balaban J connectivity index is 1.03. The molecule has 1 aromatic heterocycles. The quantitative estimate of drug-likeness (QED) is 0.116. The first kappa shape index (κ1) is 41.1. The third kappa shape index (κ3) is 8.14. The molecule has 59 heavy (non-hydrogen) atoms. The lowest BCUT2D eigenvalue weighted by molar-refractivity contribution is -0.154. The van der Waals surface area contributed by atoms with Gasteiger partial charge in [0.2, 0.25) is 5.75 Å². The summed E-state index contributed by atoms with van der Waals surface area (Å²) in [5.41, 5.74) is 4.10. The number of aromatic amines is 1. The summed E-state index contributed by atoms with van der Waals surface area (Å²) < 4.78 is 19.4. The Hall–Kier alpha value is -3.28. The molecule has 3 heterocycles. The molecule has 0 unspecified atom stereocenters. The highest BCUT2D eigenvalue weighted by Gasteiger charge is 2.46. The molecule has 10 nitrogen and oxygen atoms in total. The van der Waals surface area contributed by atoms with E-state index in [-0.39, 0.29) is 41.1 Å². The molecule has 2 aromatic carbocycles. The van der Waals surface area contributed by atoms with E-state index in [1.807, 2.05) is 18.5 Å². The van der Waals surface area contributed by atoms with Gasteiger partial charge in [0.05, 0.1) is 50.3 Å². The van der Waals surface area contributed by atoms with Gasteiger partial charge in [0.25, 0.3) is 0 Å². The third-order valence-electron chi connectivity index (χ3n) is 16.3. The van der Waals surface area contributed by atoms with Gasteiger partial charge in [-0.25, -0.2) is 0 Å². The molecule has 2 bridgehead atoms. The summed E-state index contributed by atoms with van der Waals surface area (Å²) in [5.74, 6) is 2.49. The molecule has 2 aliphatic heterocycles. The monoisotopic (exact) mass is 813 g/mol. The number of H-pyrrole nitrogens is 1. The van der Waals surface area contributed by atoms with E-state index in [0.29, 0.717) is 61.7 Å². The number of nitrogens with one attached hydrogen (secondary N) is 1. The van der Waals surface area contributed by atoms with Gasteiger partial charge < -0.3 is 49.8 Å². The van der Waals surface area contributed by atoms with Gasteiger partial charge in [-0.05, 0) is 147 Å². The maximum atomic E-state index is 12.0. The summed E-state index contributed by atoms with van der Waals surface area (Å²) in [7, 11) is 1.45. The molecule has 6 aliphatic rings. The van der Waals surface area contributed by atoms with Gasteiger partial charge in [-0.3, -0.25) is 0 Å². The lowest BCUT2D eigenvalue weighted by Crippen LogP contribution is -2.44. The van der Waals surface area contributed by atoms with E-state index < -0.39 is 42.0 Å². The van der Waals surface area contributed by atoms with Gasteiger partial charge in [-0.2, -0.15) is 0 Å². The zero-order chi connectivity index (χ0) is 40.8. The van der Waals surface area contributed by atoms with E-state index >= 15 is 0 Å². The maximum absolute atomic E-state index is 12.0. The largest absolute Gasteiger partial charge is 0.504 e. The number of benzene rings is 2. The molecule has 0 spiro atoms. The van der Waals surface area contributed by atoms with Crippen LogP contribution >= 0.6 is 0 Å². The van der Waals surface area contributed by atoms with Crippen LogP contribution in [0.25, 0.3) is 0 Å². The molecule has 9 rings (SSSR count). The van der Waals surface area contributed by atoms with Crippen molar-refractivity contribution in [2.75, 3.05) is 13.7 Å². The van der Waals surface area contributed by atoms with Crippen molar-refractivity contribution in [2.24, 2.45) is 29.6 Å². The number of hydrogen-bond donors (Lipinski definition) is 7. The number of phenolic OH excluding ortho intramolecular Hbond substituents is 1. The Morgan fingerprint density at radius 3 is 2.42 bits per heavy atom. The molecular formula is C49H67NO9. The summed E-state index contributed by atoms with van der Waals surface area (Å²) in [6, 6.07) is 8.76. The fourth-order valence-corrected chi connectivity index (χ4v) is 13.1. The van der Waals surface area contributed by atoms with Crippen molar-refractivity contribution in [3.63, 3.8) is 0 Å². The summed E-state index contributed by atoms with van der Waals surface area (Å²) in [5, 5.41) is 68.1. The molecule has 4 saturated carbocycles. The van der Waals surface area contributed by atoms with Crippen molar-refractivity contribution in [1.29, 1.82) is 0 Å². The van der Waals surface area contributed by atoms with E-state index in [1.54, 1.807) is 0 Å². The van der Waals surface area contributed by atoms with Gasteiger partial charge in [0.15, 0.2) is 11.5 Å². The van der Waals surface area contributed by atoms with Gasteiger partial charge in [-0.15, -0.1) is 0 Å². The highest BCUT2D eigenvalue weighted by Crippen LogP contribution is 2.55. The number of aliphatic hydroxyl groups is 4. The number of aliphatic hydroxyl groups excluding tert-OH is 3. The first-order valence-electron chi connectivity index (χ1n) is 23.0. The SMILES string of the molecule is COc1c(O)c(O)c(CO)c([C@@H]2C[C@H](O)[C@@H]3CC[C@@H](c4ccc5c(c4)[C@@H]4C[C@H](C6CCCC6)CC[C@@H]4[C@@H](O)CC[C@]4(O)CC[C@H](CCO5)C4)C[C@@H]3O2)c1Cc1cc[nH]c1. The number of fused-ring (bicyclic) bond motifs is 6. The molecular weight excluding hydrogens is 747 g/mol. The third-order valence-corrected chi connectivity index (χ3v) is 16.3. The number of aromatic nitrogens is 1. The fourth-order valence-electron chi connectivity index (χ4n) is 13.1. The topological polar surface area (TPSA) is 165 Å². The van der Waals surface area contributed by atoms with Crippen LogP contribution in [-0.2, 0) is 17.8 Å². The Bertz CT molecular complexity index is 1910. The second-order valence-electron chi connectivity index (χ2n) is 19.6. The summed E-state index contributed by atoms with van der Waals surface area (Å²) >= 11 is 0. The predicted molar refractivity (Wildman–Crippen MR) is 224 cm³/mol. The molecule has 0 radical (unpaired) electrons. The van der Waals surface area contributed by atoms with Crippen LogP contribution in [-0.4, -0.2) is 73.3 Å². The van der Waals surface area contributed by atoms with Crippen molar-refractivity contribution in [3.05, 3.63) is 70.0 Å². The van der Waals surface area contributed by atoms with Crippen molar-refractivity contribution >= 4 is 0 Å². The average molecular weight is 814 g/mol. The maximum Gasteiger partial charge on any atom is 0.201 e. The second kappa shape index (κ2) is 17.2. The lowest BCUT2D eigenvalue weighted by atomic mass is 9.64. The van der Waals surface area contributed by atoms with Crippen molar-refractivity contribution in [1.82, 2.24) is 4.98 Å². The molecule has 5 fully saturated rings. The Morgan fingerprint density at radius 2 is 1.64 bits per heavy atom. The van der Waals surface area contributed by atoms with Gasteiger partial charge in [0.1, 0.15) is 5.75 Å². The van der Waals surface area contributed by atoms with Gasteiger partial charge in [-0.1, -0.05) is 37.8 Å². The normalized spacial score (nSPS) is 35.3. The molecule has 4 aliphatic carbocycles. The minimum Gasteiger partial charge on any atom is -0.504 e. The Kier molecular flexibility index (Phi) is 12.0. The molecule has 7 N–H and O–H groups in total. The molecule has 0 amide bonds. The summed E-state index contributed by atoms with van der Waals surface area (Å²) in [6.45, 7) is 0.113. The van der Waals surface area contributed by atoms with E-state index in [0.717, 1.165) is 75.0 Å². The van der Waals surface area contributed by atoms with Crippen LogP contribution in [0.2, 0.25) is 0 Å². The fraction of sp³-hybridized carbons (Fsp3) is 0.673. The smallest absolute Gasteiger partial charge is 0.201 e. The minimum absolute atomic E-state index is 0.0486. The summed E-state index contributed by atoms with van der Waals surface area (Å²) in [4.78, 5) is 3.08. The summed E-state index contributed by atoms with van der Waals surface area (Å²) in [6.07, 6.45) is 18.1. The standard InChI is InChI=1S/C49H67NO9/c1-57-48-38(20-29-14-18-50-26-29)45(39(27-51)46(54)47(48)55)44-24-41(53)35-10-7-33(23-43(35)59-44)32-8-11-42-37(22-32)36-21-31(30-4-2-3-5-30)6-9-34(36)40(52)13-17-49(56)16-12-28(25-49)15-19-58-42/h8,11,14,18,22,26,28,30-31,33-36,40-41,43-44,50-56H,2-7,9-10,12-13,15-17,19-21,23-25,27H2,1H3/t28-,31-,33-,34+,35+,36-,40+,41+,43+,44+,49-/m1/s1. The molecule has 10 heteroatoms. The Morgan fingerprint density at radius 1 is 0.831 bits per heavy atom. The first-order valence-corrected chi connectivity index (χ1v) is 23.0. The van der Waals surface area contributed by atoms with E-state index in [4.69, 9.17) is 14.2 Å². The van der Waals surface area contributed by atoms with E-state index in [2.05, 4.69) is 23.2 Å². The highest BCUT2D eigenvalue weighted by atomic mass is 16.5. The number of phenols is 2. The van der Waals surface area contributed by atoms with Crippen LogP contribution in [0.3, 0.4) is 0 Å². The molecule has 322 valence electrons. The highest BCUT2D eigenvalue weighted by molar-refractivity contribution is 5.64. The second-order valence-corrected chi connectivity index (χ2v) is 19.6. The predicted octanol–water partition coefficient (Wildman–Crippen LogP) is 8.44. The molecule has 11 atom stereocenters. The number of rotatable bonds is 7. The van der Waals surface area contributed by atoms with Crippen LogP contribution in [0.1, 0.15) is 160 Å². The number of hydrogen-bond acceptors (Lipinski definition) is 9. The van der Waals surface area contributed by atoms with Crippen LogP contribution in [0.5, 0.6) is 23.0 Å². The van der Waals surface area contributed by atoms with Crippen molar-refractivity contribution < 1.29 is 44.8 Å². The molecule has 1 saturated heterocycles. The van der Waals surface area contributed by atoms with Crippen LogP contribution in [0.4, 0.5) is 0 Å². The van der Waals surface area contributed by atoms with Crippen molar-refractivity contribution in [3.8, 4) is 23.0 Å². The van der Waals surface area contributed by atoms with Gasteiger partial charge in [0, 0.05) is 42.3 Å². The van der Waals surface area contributed by atoms with Crippen LogP contribution < -0.4 is 9.47 Å². The lowest BCUT2D eigenvalue weighted by Gasteiger charge is -2.46.